The van der Waals surface area contributed by atoms with Crippen LogP contribution in [0.25, 0.3) is 0 Å². The molecule has 0 radical (unpaired) electrons. The molecule has 88 valence electrons. The topological polar surface area (TPSA) is 63.8 Å². The summed E-state index contributed by atoms with van der Waals surface area (Å²) in [6.07, 6.45) is 0. The first-order valence-electron chi connectivity index (χ1n) is 4.57. The van der Waals surface area contributed by atoms with Gasteiger partial charge in [-0.2, -0.15) is 4.98 Å². The summed E-state index contributed by atoms with van der Waals surface area (Å²) in [5.41, 5.74) is 5.44. The van der Waals surface area contributed by atoms with Crippen molar-refractivity contribution >= 4 is 33.4 Å². The van der Waals surface area contributed by atoms with Crippen LogP contribution in [0.4, 0.5) is 26.2 Å². The summed E-state index contributed by atoms with van der Waals surface area (Å²) in [5, 5.41) is 2.55. The van der Waals surface area contributed by atoms with Crippen LogP contribution in [0, 0.1) is 11.6 Å². The third kappa shape index (κ3) is 2.88. The fraction of sp³-hybridized carbons (Fsp3) is 0. The number of nitrogen functional groups attached to an aromatic ring is 1. The molecule has 0 aliphatic rings. The molecule has 0 atom stereocenters. The van der Waals surface area contributed by atoms with Gasteiger partial charge in [0.25, 0.3) is 0 Å². The van der Waals surface area contributed by atoms with E-state index in [9.17, 15) is 8.78 Å². The van der Waals surface area contributed by atoms with Gasteiger partial charge >= 0.3 is 0 Å². The Morgan fingerprint density at radius 2 is 1.94 bits per heavy atom. The Bertz CT molecular complexity index is 542. The van der Waals surface area contributed by atoms with Crippen molar-refractivity contribution in [2.45, 2.75) is 0 Å². The van der Waals surface area contributed by atoms with Gasteiger partial charge in [-0.1, -0.05) is 0 Å². The fourth-order valence-corrected chi connectivity index (χ4v) is 1.61. The van der Waals surface area contributed by atoms with Crippen LogP contribution in [0.15, 0.2) is 28.9 Å². The van der Waals surface area contributed by atoms with Gasteiger partial charge in [-0.25, -0.2) is 13.8 Å². The Hall–Kier alpha value is -1.76. The van der Waals surface area contributed by atoms with Crippen LogP contribution < -0.4 is 11.1 Å². The Balaban J connectivity index is 2.34. The summed E-state index contributed by atoms with van der Waals surface area (Å²) in [7, 11) is 0. The summed E-state index contributed by atoms with van der Waals surface area (Å²) in [6, 6.07) is 4.54. The molecule has 0 spiro atoms. The monoisotopic (exact) mass is 300 g/mol. The molecule has 3 N–H and O–H groups in total. The molecule has 0 fully saturated rings. The number of rotatable bonds is 2. The molecule has 0 aliphatic carbocycles. The second-order valence-corrected chi connectivity index (χ2v) is 4.00. The number of aromatic nitrogens is 2. The molecule has 0 amide bonds. The summed E-state index contributed by atoms with van der Waals surface area (Å²) in [4.78, 5) is 7.76. The molecule has 1 aromatic carbocycles. The molecule has 2 rings (SSSR count). The molecule has 7 heteroatoms. The molecule has 4 nitrogen and oxygen atoms in total. The first-order chi connectivity index (χ1) is 8.04. The summed E-state index contributed by atoms with van der Waals surface area (Å²) >= 11 is 3.12. The number of nitrogens with zero attached hydrogens (tertiary/aromatic N) is 2. The Morgan fingerprint density at radius 3 is 2.65 bits per heavy atom. The van der Waals surface area contributed by atoms with E-state index in [1.165, 1.54) is 6.07 Å². The number of anilines is 3. The van der Waals surface area contributed by atoms with Gasteiger partial charge in [0.2, 0.25) is 5.95 Å². The number of nitrogens with one attached hydrogen (secondary N) is 1. The molecule has 0 bridgehead atoms. The summed E-state index contributed by atoms with van der Waals surface area (Å²) in [6.45, 7) is 0. The smallest absolute Gasteiger partial charge is 0.230 e. The largest absolute Gasteiger partial charge is 0.383 e. The zero-order valence-electron chi connectivity index (χ0n) is 8.42. The highest BCUT2D eigenvalue weighted by Crippen LogP contribution is 2.20. The Morgan fingerprint density at radius 1 is 1.18 bits per heavy atom. The second kappa shape index (κ2) is 4.62. The first kappa shape index (κ1) is 11.7. The van der Waals surface area contributed by atoms with E-state index in [2.05, 4.69) is 31.2 Å². The van der Waals surface area contributed by atoms with Crippen molar-refractivity contribution in [2.24, 2.45) is 0 Å². The van der Waals surface area contributed by atoms with Crippen molar-refractivity contribution in [2.75, 3.05) is 11.1 Å². The van der Waals surface area contributed by atoms with E-state index in [1.54, 1.807) is 0 Å². The van der Waals surface area contributed by atoms with Crippen molar-refractivity contribution < 1.29 is 8.78 Å². The molecule has 0 saturated carbocycles. The summed E-state index contributed by atoms with van der Waals surface area (Å²) < 4.78 is 26.7. The minimum Gasteiger partial charge on any atom is -0.383 e. The number of halogens is 3. The molecule has 2 aromatic rings. The van der Waals surface area contributed by atoms with E-state index in [0.29, 0.717) is 4.60 Å². The van der Waals surface area contributed by atoms with Crippen LogP contribution in [0.2, 0.25) is 0 Å². The van der Waals surface area contributed by atoms with Crippen LogP contribution in [0.5, 0.6) is 0 Å². The number of hydrogen-bond acceptors (Lipinski definition) is 4. The van der Waals surface area contributed by atoms with Crippen molar-refractivity contribution in [1.82, 2.24) is 9.97 Å². The van der Waals surface area contributed by atoms with Crippen molar-refractivity contribution in [3.05, 3.63) is 40.5 Å². The van der Waals surface area contributed by atoms with Gasteiger partial charge in [-0.05, 0) is 28.1 Å². The van der Waals surface area contributed by atoms with Gasteiger partial charge in [0.1, 0.15) is 22.1 Å². The van der Waals surface area contributed by atoms with Crippen molar-refractivity contribution in [3.8, 4) is 0 Å². The zero-order chi connectivity index (χ0) is 12.4. The highest BCUT2D eigenvalue weighted by molar-refractivity contribution is 9.10. The molecular weight excluding hydrogens is 294 g/mol. The molecule has 0 saturated heterocycles. The van der Waals surface area contributed by atoms with Gasteiger partial charge < -0.3 is 11.1 Å². The second-order valence-electron chi connectivity index (χ2n) is 3.19. The predicted molar refractivity (Wildman–Crippen MR) is 63.8 cm³/mol. The third-order valence-electron chi connectivity index (χ3n) is 1.89. The highest BCUT2D eigenvalue weighted by Gasteiger charge is 2.07. The standard InChI is InChI=1S/C10H7BrF2N4/c11-8-4-9(14)17-10(16-8)15-7-3-5(12)1-2-6(7)13/h1-4H,(H3,14,15,16,17). The van der Waals surface area contributed by atoms with Gasteiger partial charge in [0.15, 0.2) is 0 Å². The lowest BCUT2D eigenvalue weighted by Crippen LogP contribution is -2.02. The lowest BCUT2D eigenvalue weighted by atomic mass is 10.3. The van der Waals surface area contributed by atoms with Crippen LogP contribution in [0.3, 0.4) is 0 Å². The van der Waals surface area contributed by atoms with Crippen molar-refractivity contribution in [1.29, 1.82) is 0 Å². The van der Waals surface area contributed by atoms with E-state index in [1.807, 2.05) is 0 Å². The SMILES string of the molecule is Nc1cc(Br)nc(Nc2cc(F)ccc2F)n1. The molecule has 1 aromatic heterocycles. The van der Waals surface area contributed by atoms with Gasteiger partial charge in [0.05, 0.1) is 5.69 Å². The summed E-state index contributed by atoms with van der Waals surface area (Å²) in [5.74, 6) is -0.863. The maximum absolute atomic E-state index is 13.3. The van der Waals surface area contributed by atoms with Crippen molar-refractivity contribution in [3.63, 3.8) is 0 Å². The van der Waals surface area contributed by atoms with E-state index >= 15 is 0 Å². The lowest BCUT2D eigenvalue weighted by Gasteiger charge is -2.06. The normalized spacial score (nSPS) is 10.3. The molecule has 0 aliphatic heterocycles. The third-order valence-corrected chi connectivity index (χ3v) is 2.30. The minimum atomic E-state index is -0.603. The molecule has 17 heavy (non-hydrogen) atoms. The molecular formula is C10H7BrF2N4. The van der Waals surface area contributed by atoms with Crippen LogP contribution >= 0.6 is 15.9 Å². The average molecular weight is 301 g/mol. The maximum Gasteiger partial charge on any atom is 0.230 e. The van der Waals surface area contributed by atoms with E-state index in [0.717, 1.165) is 18.2 Å². The zero-order valence-corrected chi connectivity index (χ0v) is 10.0. The predicted octanol–water partition coefficient (Wildman–Crippen LogP) is 2.84. The molecule has 1 heterocycles. The Labute approximate surface area is 104 Å². The van der Waals surface area contributed by atoms with Gasteiger partial charge in [-0.3, -0.25) is 0 Å². The van der Waals surface area contributed by atoms with E-state index in [4.69, 9.17) is 5.73 Å². The van der Waals surface area contributed by atoms with Crippen LogP contribution in [0.1, 0.15) is 0 Å². The number of benzene rings is 1. The van der Waals surface area contributed by atoms with Crippen LogP contribution in [-0.2, 0) is 0 Å². The quantitative estimate of drug-likeness (QED) is 0.837. The van der Waals surface area contributed by atoms with Crippen LogP contribution in [-0.4, -0.2) is 9.97 Å². The van der Waals surface area contributed by atoms with Gasteiger partial charge in [0, 0.05) is 12.1 Å². The van der Waals surface area contributed by atoms with E-state index in [-0.39, 0.29) is 17.5 Å². The number of hydrogen-bond donors (Lipinski definition) is 2. The lowest BCUT2D eigenvalue weighted by molar-refractivity contribution is 0.603. The molecule has 0 unspecified atom stereocenters. The maximum atomic E-state index is 13.3. The first-order valence-corrected chi connectivity index (χ1v) is 5.36. The van der Waals surface area contributed by atoms with E-state index < -0.39 is 11.6 Å². The fourth-order valence-electron chi connectivity index (χ4n) is 1.20. The minimum absolute atomic E-state index is 0.0532. The highest BCUT2D eigenvalue weighted by atomic mass is 79.9. The van der Waals surface area contributed by atoms with Gasteiger partial charge in [-0.15, -0.1) is 0 Å². The average Bonchev–Trinajstić information content (AvgIpc) is 2.22. The number of nitrogens with two attached hydrogens (primary N) is 1. The Kier molecular flexibility index (Phi) is 3.19.